The molecule has 62 valence electrons. The molecule has 0 aliphatic rings. The third kappa shape index (κ3) is 1.96. The van der Waals surface area contributed by atoms with E-state index in [0.29, 0.717) is 4.47 Å². The van der Waals surface area contributed by atoms with Crippen LogP contribution in [0.4, 0.5) is 4.39 Å². The predicted molar refractivity (Wildman–Crippen MR) is 48.4 cm³/mol. The highest BCUT2D eigenvalue weighted by atomic mass is 79.9. The average Bonchev–Trinajstić information content (AvgIpc) is 1.96. The summed E-state index contributed by atoms with van der Waals surface area (Å²) in [6.07, 6.45) is -0.00204. The van der Waals surface area contributed by atoms with Gasteiger partial charge >= 0.3 is 0 Å². The predicted octanol–water partition coefficient (Wildman–Crippen LogP) is 3.31. The Kier molecular flexibility index (Phi) is 3.07. The summed E-state index contributed by atoms with van der Waals surface area (Å²) in [6.45, 7) is 0. The lowest BCUT2D eigenvalue weighted by atomic mass is 10.1. The summed E-state index contributed by atoms with van der Waals surface area (Å²) in [5.41, 5.74) is 0.252. The molecule has 1 rings (SSSR count). The number of halogens is 3. The van der Waals surface area contributed by atoms with Crippen molar-refractivity contribution in [3.8, 4) is 6.07 Å². The van der Waals surface area contributed by atoms with Gasteiger partial charge < -0.3 is 0 Å². The van der Waals surface area contributed by atoms with Gasteiger partial charge in [0.05, 0.1) is 12.5 Å². The van der Waals surface area contributed by atoms with Gasteiger partial charge in [-0.15, -0.1) is 0 Å². The van der Waals surface area contributed by atoms with Gasteiger partial charge in [-0.25, -0.2) is 4.39 Å². The first-order chi connectivity index (χ1) is 5.65. The SMILES string of the molecule is N#CCc1c(F)cc(Br)cc1Cl. The largest absolute Gasteiger partial charge is 0.207 e. The molecule has 0 unspecified atom stereocenters. The van der Waals surface area contributed by atoms with Crippen molar-refractivity contribution < 1.29 is 4.39 Å². The number of hydrogen-bond donors (Lipinski definition) is 0. The maximum Gasteiger partial charge on any atom is 0.130 e. The Balaban J connectivity index is 3.21. The van der Waals surface area contributed by atoms with Crippen LogP contribution in [0.1, 0.15) is 5.56 Å². The highest BCUT2D eigenvalue weighted by Gasteiger charge is 2.07. The molecule has 0 aliphatic heterocycles. The van der Waals surface area contributed by atoms with Gasteiger partial charge in [-0.05, 0) is 12.1 Å². The van der Waals surface area contributed by atoms with Crippen molar-refractivity contribution in [3.63, 3.8) is 0 Å². The van der Waals surface area contributed by atoms with Crippen LogP contribution in [0.2, 0.25) is 5.02 Å². The van der Waals surface area contributed by atoms with Crippen molar-refractivity contribution in [2.45, 2.75) is 6.42 Å². The molecular weight excluding hydrogens is 244 g/mol. The van der Waals surface area contributed by atoms with Gasteiger partial charge in [0, 0.05) is 15.1 Å². The van der Waals surface area contributed by atoms with E-state index in [4.69, 9.17) is 16.9 Å². The highest BCUT2D eigenvalue weighted by Crippen LogP contribution is 2.24. The third-order valence-corrected chi connectivity index (χ3v) is 2.16. The fraction of sp³-hybridized carbons (Fsp3) is 0.125. The van der Waals surface area contributed by atoms with E-state index in [9.17, 15) is 4.39 Å². The van der Waals surface area contributed by atoms with Gasteiger partial charge in [0.1, 0.15) is 5.82 Å². The van der Waals surface area contributed by atoms with Crippen LogP contribution in [0.15, 0.2) is 16.6 Å². The van der Waals surface area contributed by atoms with E-state index in [1.54, 1.807) is 6.07 Å². The second-order valence-electron chi connectivity index (χ2n) is 2.18. The van der Waals surface area contributed by atoms with Gasteiger partial charge in [0.15, 0.2) is 0 Å². The lowest BCUT2D eigenvalue weighted by Crippen LogP contribution is -1.90. The molecule has 0 fully saturated rings. The number of rotatable bonds is 1. The Labute approximate surface area is 82.9 Å². The van der Waals surface area contributed by atoms with Crippen LogP contribution in [0, 0.1) is 17.1 Å². The molecule has 0 atom stereocenters. The summed E-state index contributed by atoms with van der Waals surface area (Å²) in [5, 5.41) is 8.63. The Morgan fingerprint density at radius 2 is 2.25 bits per heavy atom. The first kappa shape index (κ1) is 9.50. The zero-order valence-corrected chi connectivity index (χ0v) is 8.28. The minimum Gasteiger partial charge on any atom is -0.207 e. The summed E-state index contributed by atoms with van der Waals surface area (Å²) >= 11 is 8.78. The smallest absolute Gasteiger partial charge is 0.130 e. The molecule has 0 saturated carbocycles. The van der Waals surface area contributed by atoms with Crippen molar-refractivity contribution in [1.82, 2.24) is 0 Å². The van der Waals surface area contributed by atoms with Crippen molar-refractivity contribution in [3.05, 3.63) is 33.0 Å². The quantitative estimate of drug-likeness (QED) is 0.748. The van der Waals surface area contributed by atoms with Crippen molar-refractivity contribution in [1.29, 1.82) is 5.26 Å². The fourth-order valence-electron chi connectivity index (χ4n) is 0.820. The van der Waals surface area contributed by atoms with Gasteiger partial charge in [-0.1, -0.05) is 27.5 Å². The van der Waals surface area contributed by atoms with Gasteiger partial charge in [-0.2, -0.15) is 5.26 Å². The maximum atomic E-state index is 13.0. The Hall–Kier alpha value is -0.590. The Bertz CT molecular complexity index is 322. The van der Waals surface area contributed by atoms with Gasteiger partial charge in [0.2, 0.25) is 0 Å². The standard InChI is InChI=1S/C8H4BrClFN/c9-5-3-7(10)6(1-2-12)8(11)4-5/h3-4H,1H2. The van der Waals surface area contributed by atoms with Gasteiger partial charge in [-0.3, -0.25) is 0 Å². The molecule has 1 aromatic rings. The van der Waals surface area contributed by atoms with E-state index < -0.39 is 5.82 Å². The van der Waals surface area contributed by atoms with E-state index in [0.717, 1.165) is 0 Å². The molecule has 12 heavy (non-hydrogen) atoms. The van der Waals surface area contributed by atoms with E-state index in [-0.39, 0.29) is 17.0 Å². The molecule has 1 nitrogen and oxygen atoms in total. The van der Waals surface area contributed by atoms with Crippen LogP contribution < -0.4 is 0 Å². The van der Waals surface area contributed by atoms with Gasteiger partial charge in [0.25, 0.3) is 0 Å². The molecule has 0 aromatic heterocycles. The molecule has 0 N–H and O–H groups in total. The van der Waals surface area contributed by atoms with E-state index in [1.807, 2.05) is 6.07 Å². The molecule has 0 bridgehead atoms. The third-order valence-electron chi connectivity index (χ3n) is 1.36. The zero-order chi connectivity index (χ0) is 9.14. The summed E-state index contributed by atoms with van der Waals surface area (Å²) in [7, 11) is 0. The molecule has 0 amide bonds. The molecule has 4 heteroatoms. The summed E-state index contributed by atoms with van der Waals surface area (Å²) in [5.74, 6) is -0.448. The minimum atomic E-state index is -0.448. The fourth-order valence-corrected chi connectivity index (χ4v) is 1.66. The second-order valence-corrected chi connectivity index (χ2v) is 3.51. The van der Waals surface area contributed by atoms with Crippen LogP contribution in [0.3, 0.4) is 0 Å². The Morgan fingerprint density at radius 3 is 2.75 bits per heavy atom. The molecule has 0 heterocycles. The number of hydrogen-bond acceptors (Lipinski definition) is 1. The van der Waals surface area contributed by atoms with Crippen LogP contribution in [0.25, 0.3) is 0 Å². The second kappa shape index (κ2) is 3.88. The monoisotopic (exact) mass is 247 g/mol. The summed E-state index contributed by atoms with van der Waals surface area (Å²) < 4.78 is 13.6. The maximum absolute atomic E-state index is 13.0. The molecule has 0 aliphatic carbocycles. The topological polar surface area (TPSA) is 23.8 Å². The van der Waals surface area contributed by atoms with Crippen LogP contribution in [-0.4, -0.2) is 0 Å². The van der Waals surface area contributed by atoms with Crippen molar-refractivity contribution >= 4 is 27.5 Å². The highest BCUT2D eigenvalue weighted by molar-refractivity contribution is 9.10. The first-order valence-corrected chi connectivity index (χ1v) is 4.32. The lowest BCUT2D eigenvalue weighted by Gasteiger charge is -2.01. The number of benzene rings is 1. The molecule has 0 spiro atoms. The first-order valence-electron chi connectivity index (χ1n) is 3.15. The van der Waals surface area contributed by atoms with Crippen LogP contribution >= 0.6 is 27.5 Å². The van der Waals surface area contributed by atoms with Crippen LogP contribution in [0.5, 0.6) is 0 Å². The Morgan fingerprint density at radius 1 is 1.58 bits per heavy atom. The molecule has 1 aromatic carbocycles. The summed E-state index contributed by atoms with van der Waals surface area (Å²) in [4.78, 5) is 0. The molecular formula is C8H4BrClFN. The number of nitriles is 1. The van der Waals surface area contributed by atoms with E-state index in [2.05, 4.69) is 15.9 Å². The van der Waals surface area contributed by atoms with Crippen molar-refractivity contribution in [2.75, 3.05) is 0 Å². The van der Waals surface area contributed by atoms with Crippen molar-refractivity contribution in [2.24, 2.45) is 0 Å². The zero-order valence-electron chi connectivity index (χ0n) is 5.94. The number of nitrogens with zero attached hydrogens (tertiary/aromatic N) is 1. The summed E-state index contributed by atoms with van der Waals surface area (Å²) in [6, 6.07) is 4.70. The molecule has 0 radical (unpaired) electrons. The van der Waals surface area contributed by atoms with Crippen LogP contribution in [-0.2, 0) is 6.42 Å². The normalized spacial score (nSPS) is 9.50. The lowest BCUT2D eigenvalue weighted by molar-refractivity contribution is 0.614. The average molecular weight is 248 g/mol. The molecule has 0 saturated heterocycles. The minimum absolute atomic E-state index is 0.00204. The van der Waals surface area contributed by atoms with E-state index >= 15 is 0 Å². The van der Waals surface area contributed by atoms with E-state index in [1.165, 1.54) is 6.07 Å².